The second-order valence-electron chi connectivity index (χ2n) is 4.46. The molecule has 0 heterocycles. The topological polar surface area (TPSA) is 24.1 Å². The van der Waals surface area contributed by atoms with E-state index in [1.807, 2.05) is 0 Å². The molecule has 0 aromatic rings. The zero-order valence-electron chi connectivity index (χ0n) is 8.81. The molecule has 13 heavy (non-hydrogen) atoms. The SMILES string of the molecule is CCC(C)(C)NC(=S)NC1CCC1. The molecule has 0 spiro atoms. The minimum atomic E-state index is 0.119. The van der Waals surface area contributed by atoms with E-state index in [4.69, 9.17) is 12.2 Å². The van der Waals surface area contributed by atoms with Crippen LogP contribution in [0.2, 0.25) is 0 Å². The molecular formula is C10H20N2S. The van der Waals surface area contributed by atoms with Gasteiger partial charge in [0.15, 0.2) is 5.11 Å². The van der Waals surface area contributed by atoms with E-state index in [0.29, 0.717) is 6.04 Å². The highest BCUT2D eigenvalue weighted by Crippen LogP contribution is 2.18. The van der Waals surface area contributed by atoms with Crippen molar-refractivity contribution in [3.8, 4) is 0 Å². The summed E-state index contributed by atoms with van der Waals surface area (Å²) in [5.41, 5.74) is 0.119. The summed E-state index contributed by atoms with van der Waals surface area (Å²) in [6.45, 7) is 6.50. The summed E-state index contributed by atoms with van der Waals surface area (Å²) in [4.78, 5) is 0. The Hall–Kier alpha value is -0.310. The van der Waals surface area contributed by atoms with E-state index < -0.39 is 0 Å². The molecule has 0 unspecified atom stereocenters. The minimum Gasteiger partial charge on any atom is -0.360 e. The van der Waals surface area contributed by atoms with Gasteiger partial charge in [0.25, 0.3) is 0 Å². The van der Waals surface area contributed by atoms with Crippen LogP contribution in [0.25, 0.3) is 0 Å². The van der Waals surface area contributed by atoms with E-state index >= 15 is 0 Å². The molecule has 1 rings (SSSR count). The number of nitrogens with one attached hydrogen (secondary N) is 2. The highest BCUT2D eigenvalue weighted by molar-refractivity contribution is 7.80. The van der Waals surface area contributed by atoms with E-state index in [2.05, 4.69) is 31.4 Å². The molecule has 1 aliphatic carbocycles. The molecule has 1 aliphatic rings. The van der Waals surface area contributed by atoms with E-state index in [1.165, 1.54) is 19.3 Å². The molecule has 0 atom stereocenters. The molecule has 2 N–H and O–H groups in total. The Labute approximate surface area is 86.5 Å². The lowest BCUT2D eigenvalue weighted by Gasteiger charge is -2.32. The van der Waals surface area contributed by atoms with Crippen LogP contribution in [-0.4, -0.2) is 16.7 Å². The van der Waals surface area contributed by atoms with Gasteiger partial charge in [0.2, 0.25) is 0 Å². The molecule has 0 aromatic heterocycles. The van der Waals surface area contributed by atoms with Crippen molar-refractivity contribution in [3.05, 3.63) is 0 Å². The number of hydrogen-bond acceptors (Lipinski definition) is 1. The van der Waals surface area contributed by atoms with Gasteiger partial charge in [-0.15, -0.1) is 0 Å². The van der Waals surface area contributed by atoms with Crippen LogP contribution in [-0.2, 0) is 0 Å². The summed E-state index contributed by atoms with van der Waals surface area (Å²) >= 11 is 5.22. The van der Waals surface area contributed by atoms with E-state index in [9.17, 15) is 0 Å². The van der Waals surface area contributed by atoms with Crippen molar-refractivity contribution in [2.24, 2.45) is 0 Å². The Morgan fingerprint density at radius 2 is 2.08 bits per heavy atom. The molecular weight excluding hydrogens is 180 g/mol. The van der Waals surface area contributed by atoms with E-state index in [1.54, 1.807) is 0 Å². The van der Waals surface area contributed by atoms with Crippen molar-refractivity contribution in [1.82, 2.24) is 10.6 Å². The third-order valence-electron chi connectivity index (χ3n) is 2.78. The van der Waals surface area contributed by atoms with Crippen molar-refractivity contribution < 1.29 is 0 Å². The van der Waals surface area contributed by atoms with Crippen LogP contribution in [0.4, 0.5) is 0 Å². The van der Waals surface area contributed by atoms with Gasteiger partial charge in [-0.2, -0.15) is 0 Å². The molecule has 0 aromatic carbocycles. The molecule has 0 amide bonds. The van der Waals surface area contributed by atoms with E-state index in [-0.39, 0.29) is 5.54 Å². The first-order valence-corrected chi connectivity index (χ1v) is 5.53. The zero-order valence-corrected chi connectivity index (χ0v) is 9.63. The highest BCUT2D eigenvalue weighted by atomic mass is 32.1. The lowest BCUT2D eigenvalue weighted by Crippen LogP contribution is -2.51. The van der Waals surface area contributed by atoms with Gasteiger partial charge in [-0.05, 0) is 51.7 Å². The van der Waals surface area contributed by atoms with Gasteiger partial charge >= 0.3 is 0 Å². The first kappa shape index (κ1) is 10.8. The smallest absolute Gasteiger partial charge is 0.166 e. The molecule has 1 saturated carbocycles. The standard InChI is InChI=1S/C10H20N2S/c1-4-10(2,3)12-9(13)11-8-6-5-7-8/h8H,4-7H2,1-3H3,(H2,11,12,13). The largest absolute Gasteiger partial charge is 0.360 e. The summed E-state index contributed by atoms with van der Waals surface area (Å²) in [6.07, 6.45) is 4.97. The maximum Gasteiger partial charge on any atom is 0.166 e. The summed E-state index contributed by atoms with van der Waals surface area (Å²) in [5, 5.41) is 7.47. The van der Waals surface area contributed by atoms with Crippen LogP contribution >= 0.6 is 12.2 Å². The number of hydrogen-bond donors (Lipinski definition) is 2. The number of rotatable bonds is 3. The molecule has 2 nitrogen and oxygen atoms in total. The summed E-state index contributed by atoms with van der Waals surface area (Å²) in [5.74, 6) is 0. The van der Waals surface area contributed by atoms with Gasteiger partial charge in [0, 0.05) is 11.6 Å². The fraction of sp³-hybridized carbons (Fsp3) is 0.900. The molecule has 0 aliphatic heterocycles. The Bertz CT molecular complexity index is 185. The fourth-order valence-electron chi connectivity index (χ4n) is 1.17. The average molecular weight is 200 g/mol. The molecule has 0 radical (unpaired) electrons. The van der Waals surface area contributed by atoms with Gasteiger partial charge in [0.05, 0.1) is 0 Å². The third-order valence-corrected chi connectivity index (χ3v) is 3.00. The molecule has 3 heteroatoms. The van der Waals surface area contributed by atoms with Crippen molar-refractivity contribution >= 4 is 17.3 Å². The van der Waals surface area contributed by atoms with Gasteiger partial charge < -0.3 is 10.6 Å². The predicted octanol–water partition coefficient (Wildman–Crippen LogP) is 2.19. The summed E-state index contributed by atoms with van der Waals surface area (Å²) in [7, 11) is 0. The monoisotopic (exact) mass is 200 g/mol. The summed E-state index contributed by atoms with van der Waals surface area (Å²) < 4.78 is 0. The lowest BCUT2D eigenvalue weighted by atomic mass is 9.93. The van der Waals surface area contributed by atoms with Crippen LogP contribution in [0.15, 0.2) is 0 Å². The Morgan fingerprint density at radius 3 is 2.46 bits per heavy atom. The minimum absolute atomic E-state index is 0.119. The van der Waals surface area contributed by atoms with Gasteiger partial charge in [-0.25, -0.2) is 0 Å². The lowest BCUT2D eigenvalue weighted by molar-refractivity contribution is 0.371. The van der Waals surface area contributed by atoms with Gasteiger partial charge in [-0.1, -0.05) is 6.92 Å². The Morgan fingerprint density at radius 1 is 1.46 bits per heavy atom. The Balaban J connectivity index is 2.23. The van der Waals surface area contributed by atoms with Crippen molar-refractivity contribution in [3.63, 3.8) is 0 Å². The van der Waals surface area contributed by atoms with Crippen LogP contribution < -0.4 is 10.6 Å². The molecule has 0 saturated heterocycles. The zero-order chi connectivity index (χ0) is 9.90. The van der Waals surface area contributed by atoms with Crippen molar-refractivity contribution in [2.45, 2.75) is 58.0 Å². The second kappa shape index (κ2) is 4.27. The van der Waals surface area contributed by atoms with Crippen LogP contribution in [0.3, 0.4) is 0 Å². The van der Waals surface area contributed by atoms with Crippen LogP contribution in [0.5, 0.6) is 0 Å². The molecule has 76 valence electrons. The third kappa shape index (κ3) is 3.51. The second-order valence-corrected chi connectivity index (χ2v) is 4.87. The summed E-state index contributed by atoms with van der Waals surface area (Å²) in [6, 6.07) is 0.632. The van der Waals surface area contributed by atoms with Crippen molar-refractivity contribution in [2.75, 3.05) is 0 Å². The first-order chi connectivity index (χ1) is 6.03. The van der Waals surface area contributed by atoms with E-state index in [0.717, 1.165) is 11.5 Å². The average Bonchev–Trinajstić information content (AvgIpc) is 1.96. The normalized spacial score (nSPS) is 17.8. The fourth-order valence-corrected chi connectivity index (χ4v) is 1.61. The van der Waals surface area contributed by atoms with Gasteiger partial charge in [0.1, 0.15) is 0 Å². The Kier molecular flexibility index (Phi) is 3.54. The van der Waals surface area contributed by atoms with Gasteiger partial charge in [-0.3, -0.25) is 0 Å². The maximum absolute atomic E-state index is 5.22. The molecule has 0 bridgehead atoms. The predicted molar refractivity (Wildman–Crippen MR) is 60.9 cm³/mol. The maximum atomic E-state index is 5.22. The first-order valence-electron chi connectivity index (χ1n) is 5.12. The van der Waals surface area contributed by atoms with Crippen LogP contribution in [0, 0.1) is 0 Å². The van der Waals surface area contributed by atoms with Crippen LogP contribution in [0.1, 0.15) is 46.5 Å². The quantitative estimate of drug-likeness (QED) is 0.683. The number of thiocarbonyl (C=S) groups is 1. The molecule has 1 fully saturated rings. The highest BCUT2D eigenvalue weighted by Gasteiger charge is 2.20. The van der Waals surface area contributed by atoms with Crippen molar-refractivity contribution in [1.29, 1.82) is 0 Å².